The Bertz CT molecular complexity index is 864. The Morgan fingerprint density at radius 2 is 2.27 bits per heavy atom. The van der Waals surface area contributed by atoms with Crippen LogP contribution >= 0.6 is 11.3 Å². The molecule has 9 heteroatoms. The molecule has 3 heterocycles. The van der Waals surface area contributed by atoms with Crippen molar-refractivity contribution >= 4 is 39.9 Å². The number of anilines is 2. The summed E-state index contributed by atoms with van der Waals surface area (Å²) in [6.07, 6.45) is 1.52. The highest BCUT2D eigenvalue weighted by Crippen LogP contribution is 2.30. The lowest BCUT2D eigenvalue weighted by molar-refractivity contribution is -0.123. The van der Waals surface area contributed by atoms with Crippen molar-refractivity contribution in [2.45, 2.75) is 13.8 Å². The summed E-state index contributed by atoms with van der Waals surface area (Å²) in [5.74, 6) is -0.559. The number of ether oxygens (including phenoxy) is 2. The second kappa shape index (κ2) is 7.52. The number of aryl methyl sites for hydroxylation is 1. The highest BCUT2D eigenvalue weighted by molar-refractivity contribution is 7.16. The maximum Gasteiger partial charge on any atom is 0.341 e. The molecule has 8 nitrogen and oxygen atoms in total. The van der Waals surface area contributed by atoms with Gasteiger partial charge in [0.1, 0.15) is 11.5 Å². The Kier molecular flexibility index (Phi) is 5.17. The standard InChI is InChI=1S/C17H17N3O5S/c1-3-24-17(23)11-7-10(2)26-16(11)19-13(21)8-20-14(22)9-25-12-5-4-6-18-15(12)20/h4-7H,3,8-9H2,1-2H3,(H,19,21). The Balaban J connectivity index is 1.76. The van der Waals surface area contributed by atoms with E-state index in [1.807, 2.05) is 6.92 Å². The zero-order chi connectivity index (χ0) is 18.7. The van der Waals surface area contributed by atoms with Crippen LogP contribution in [0.15, 0.2) is 24.4 Å². The summed E-state index contributed by atoms with van der Waals surface area (Å²) < 4.78 is 10.3. The molecule has 1 N–H and O–H groups in total. The predicted octanol–water partition coefficient (Wildman–Crippen LogP) is 1.99. The van der Waals surface area contributed by atoms with Crippen LogP contribution in [0.2, 0.25) is 0 Å². The molecule has 1 aliphatic heterocycles. The number of thiophene rings is 1. The highest BCUT2D eigenvalue weighted by atomic mass is 32.1. The molecule has 0 bridgehead atoms. The van der Waals surface area contributed by atoms with Crippen molar-refractivity contribution in [3.63, 3.8) is 0 Å². The third-order valence-electron chi connectivity index (χ3n) is 3.56. The summed E-state index contributed by atoms with van der Waals surface area (Å²) in [6.45, 7) is 3.40. The van der Waals surface area contributed by atoms with Gasteiger partial charge < -0.3 is 14.8 Å². The first-order chi connectivity index (χ1) is 12.5. The van der Waals surface area contributed by atoms with E-state index < -0.39 is 11.9 Å². The molecule has 26 heavy (non-hydrogen) atoms. The molecule has 2 amide bonds. The number of rotatable bonds is 5. The molecule has 0 fully saturated rings. The smallest absolute Gasteiger partial charge is 0.341 e. The van der Waals surface area contributed by atoms with Gasteiger partial charge in [0.25, 0.3) is 5.91 Å². The van der Waals surface area contributed by atoms with Crippen molar-refractivity contribution in [3.05, 3.63) is 34.8 Å². The van der Waals surface area contributed by atoms with Gasteiger partial charge in [-0.15, -0.1) is 11.3 Å². The number of nitrogens with zero attached hydrogens (tertiary/aromatic N) is 2. The average molecular weight is 375 g/mol. The van der Waals surface area contributed by atoms with Gasteiger partial charge in [-0.3, -0.25) is 14.5 Å². The van der Waals surface area contributed by atoms with Gasteiger partial charge in [0, 0.05) is 11.1 Å². The van der Waals surface area contributed by atoms with Crippen molar-refractivity contribution in [1.29, 1.82) is 0 Å². The average Bonchev–Trinajstić information content (AvgIpc) is 2.98. The van der Waals surface area contributed by atoms with Gasteiger partial charge in [0.15, 0.2) is 18.2 Å². The van der Waals surface area contributed by atoms with Crippen LogP contribution in [0, 0.1) is 6.92 Å². The van der Waals surface area contributed by atoms with Crippen molar-refractivity contribution in [2.24, 2.45) is 0 Å². The largest absolute Gasteiger partial charge is 0.480 e. The van der Waals surface area contributed by atoms with E-state index in [1.165, 1.54) is 22.4 Å². The Hall–Kier alpha value is -2.94. The topological polar surface area (TPSA) is 97.8 Å². The molecule has 0 saturated carbocycles. The fourth-order valence-corrected chi connectivity index (χ4v) is 3.39. The third kappa shape index (κ3) is 3.67. The lowest BCUT2D eigenvalue weighted by Crippen LogP contribution is -2.44. The highest BCUT2D eigenvalue weighted by Gasteiger charge is 2.29. The third-order valence-corrected chi connectivity index (χ3v) is 4.53. The van der Waals surface area contributed by atoms with Gasteiger partial charge in [-0.05, 0) is 32.0 Å². The first-order valence-electron chi connectivity index (χ1n) is 7.95. The lowest BCUT2D eigenvalue weighted by Gasteiger charge is -2.27. The van der Waals surface area contributed by atoms with Crippen molar-refractivity contribution in [1.82, 2.24) is 4.98 Å². The van der Waals surface area contributed by atoms with Crippen LogP contribution in [0.5, 0.6) is 5.75 Å². The van der Waals surface area contributed by atoms with E-state index in [4.69, 9.17) is 9.47 Å². The molecule has 2 aromatic rings. The van der Waals surface area contributed by atoms with E-state index in [1.54, 1.807) is 25.1 Å². The molecular formula is C17H17N3O5S. The lowest BCUT2D eigenvalue weighted by atomic mass is 10.3. The molecule has 1 aliphatic rings. The quantitative estimate of drug-likeness (QED) is 0.803. The fraction of sp³-hybridized carbons (Fsp3) is 0.294. The zero-order valence-corrected chi connectivity index (χ0v) is 15.1. The van der Waals surface area contributed by atoms with Crippen molar-refractivity contribution < 1.29 is 23.9 Å². The molecule has 0 unspecified atom stereocenters. The minimum absolute atomic E-state index is 0.155. The predicted molar refractivity (Wildman–Crippen MR) is 95.7 cm³/mol. The minimum Gasteiger partial charge on any atom is -0.480 e. The summed E-state index contributed by atoms with van der Waals surface area (Å²) in [7, 11) is 0. The Labute approximate surface area is 153 Å². The molecule has 0 atom stereocenters. The Morgan fingerprint density at radius 3 is 3.04 bits per heavy atom. The van der Waals surface area contributed by atoms with E-state index in [-0.39, 0.29) is 25.7 Å². The number of esters is 1. The van der Waals surface area contributed by atoms with Crippen LogP contribution in [0.3, 0.4) is 0 Å². The maximum atomic E-state index is 12.5. The summed E-state index contributed by atoms with van der Waals surface area (Å²) in [5, 5.41) is 3.08. The van der Waals surface area contributed by atoms with Crippen LogP contribution < -0.4 is 15.0 Å². The van der Waals surface area contributed by atoms with Crippen LogP contribution in [-0.2, 0) is 14.3 Å². The second-order valence-corrected chi connectivity index (χ2v) is 6.72. The van der Waals surface area contributed by atoms with Gasteiger partial charge >= 0.3 is 5.97 Å². The van der Waals surface area contributed by atoms with E-state index in [0.29, 0.717) is 22.1 Å². The number of hydrogen-bond acceptors (Lipinski definition) is 7. The molecule has 2 aromatic heterocycles. The van der Waals surface area contributed by atoms with Crippen molar-refractivity contribution in [3.8, 4) is 5.75 Å². The number of carbonyl (C=O) groups is 3. The number of pyridine rings is 1. The monoisotopic (exact) mass is 375 g/mol. The molecule has 0 aromatic carbocycles. The van der Waals surface area contributed by atoms with E-state index in [9.17, 15) is 14.4 Å². The second-order valence-electron chi connectivity index (χ2n) is 5.46. The minimum atomic E-state index is -0.499. The molecule has 0 saturated heterocycles. The van der Waals surface area contributed by atoms with Crippen LogP contribution in [-0.4, -0.2) is 42.5 Å². The number of aromatic nitrogens is 1. The SMILES string of the molecule is CCOC(=O)c1cc(C)sc1NC(=O)CN1C(=O)COc2cccnc21. The maximum absolute atomic E-state index is 12.5. The van der Waals surface area contributed by atoms with Gasteiger partial charge in [-0.25, -0.2) is 9.78 Å². The summed E-state index contributed by atoms with van der Waals surface area (Å²) in [4.78, 5) is 42.8. The van der Waals surface area contributed by atoms with Gasteiger partial charge in [0.2, 0.25) is 5.91 Å². The number of carbonyl (C=O) groups excluding carboxylic acids is 3. The number of hydrogen-bond donors (Lipinski definition) is 1. The first-order valence-corrected chi connectivity index (χ1v) is 8.76. The Morgan fingerprint density at radius 1 is 1.46 bits per heavy atom. The molecule has 0 radical (unpaired) electrons. The molecule has 3 rings (SSSR count). The molecule has 136 valence electrons. The van der Waals surface area contributed by atoms with Crippen molar-refractivity contribution in [2.75, 3.05) is 30.0 Å². The summed E-state index contributed by atoms with van der Waals surface area (Å²) in [6, 6.07) is 5.03. The van der Waals surface area contributed by atoms with Gasteiger partial charge in [-0.1, -0.05) is 0 Å². The molecule has 0 aliphatic carbocycles. The summed E-state index contributed by atoms with van der Waals surface area (Å²) >= 11 is 1.27. The summed E-state index contributed by atoms with van der Waals surface area (Å²) in [5.41, 5.74) is 0.300. The van der Waals surface area contributed by atoms with E-state index >= 15 is 0 Å². The molecule has 0 spiro atoms. The molecular weight excluding hydrogens is 358 g/mol. The first kappa shape index (κ1) is 17.9. The number of nitrogens with one attached hydrogen (secondary N) is 1. The van der Waals surface area contributed by atoms with E-state index in [2.05, 4.69) is 10.3 Å². The number of fused-ring (bicyclic) bond motifs is 1. The normalized spacial score (nSPS) is 13.0. The van der Waals surface area contributed by atoms with Crippen LogP contribution in [0.4, 0.5) is 10.8 Å². The number of amides is 2. The van der Waals surface area contributed by atoms with Crippen LogP contribution in [0.1, 0.15) is 22.2 Å². The van der Waals surface area contributed by atoms with E-state index in [0.717, 1.165) is 4.88 Å². The van der Waals surface area contributed by atoms with Crippen LogP contribution in [0.25, 0.3) is 0 Å². The van der Waals surface area contributed by atoms with Gasteiger partial charge in [0.05, 0.1) is 12.2 Å². The zero-order valence-electron chi connectivity index (χ0n) is 14.3. The fourth-order valence-electron chi connectivity index (χ4n) is 2.47. The van der Waals surface area contributed by atoms with Gasteiger partial charge in [-0.2, -0.15) is 0 Å².